The third kappa shape index (κ3) is 2.65. The molecule has 24 heavy (non-hydrogen) atoms. The fraction of sp³-hybridized carbons (Fsp3) is 0.368. The fourth-order valence-electron chi connectivity index (χ4n) is 3.88. The van der Waals surface area contributed by atoms with Crippen LogP contribution in [0.4, 0.5) is 0 Å². The highest BCUT2D eigenvalue weighted by molar-refractivity contribution is 6.30. The highest BCUT2D eigenvalue weighted by Crippen LogP contribution is 2.52. The predicted octanol–water partition coefficient (Wildman–Crippen LogP) is 3.60. The minimum atomic E-state index is -0.369. The Kier molecular flexibility index (Phi) is 3.72. The first kappa shape index (κ1) is 15.5. The molecule has 2 aromatic rings. The van der Waals surface area contributed by atoms with E-state index in [0.717, 1.165) is 41.8 Å². The quantitative estimate of drug-likeness (QED) is 0.926. The monoisotopic (exact) mass is 342 g/mol. The molecule has 4 rings (SSSR count). The lowest BCUT2D eigenvalue weighted by atomic mass is 9.69. The van der Waals surface area contributed by atoms with Gasteiger partial charge in [-0.25, -0.2) is 0 Å². The van der Waals surface area contributed by atoms with E-state index in [1.807, 2.05) is 30.3 Å². The number of halogens is 1. The summed E-state index contributed by atoms with van der Waals surface area (Å²) in [5.74, 6) is 0.645. The summed E-state index contributed by atoms with van der Waals surface area (Å²) in [7, 11) is 0. The van der Waals surface area contributed by atoms with Crippen LogP contribution in [0.2, 0.25) is 5.02 Å². The molecule has 2 aliphatic rings. The van der Waals surface area contributed by atoms with E-state index in [9.17, 15) is 4.79 Å². The van der Waals surface area contributed by atoms with Gasteiger partial charge in [0.2, 0.25) is 5.91 Å². The number of carbonyl (C=O) groups excluding carboxylic acids is 1. The van der Waals surface area contributed by atoms with Crippen LogP contribution in [0.3, 0.4) is 0 Å². The van der Waals surface area contributed by atoms with Gasteiger partial charge in [-0.15, -0.1) is 0 Å². The Bertz CT molecular complexity index is 802. The summed E-state index contributed by atoms with van der Waals surface area (Å²) < 4.78 is 6.31. The maximum Gasteiger partial charge on any atom is 0.223 e. The molecule has 2 heterocycles. The maximum absolute atomic E-state index is 11.4. The minimum absolute atomic E-state index is 0.0919. The predicted molar refractivity (Wildman–Crippen MR) is 92.3 cm³/mol. The van der Waals surface area contributed by atoms with Crippen molar-refractivity contribution in [2.24, 2.45) is 5.73 Å². The second kappa shape index (κ2) is 5.78. The first-order valence-electron chi connectivity index (χ1n) is 8.27. The van der Waals surface area contributed by atoms with Gasteiger partial charge >= 0.3 is 0 Å². The molecular weight excluding hydrogens is 324 g/mol. The third-order valence-electron chi connectivity index (χ3n) is 5.16. The number of aromatic nitrogens is 1. The number of rotatable bonds is 3. The molecule has 1 aromatic carbocycles. The number of ether oxygens (including phenoxy) is 1. The lowest BCUT2D eigenvalue weighted by molar-refractivity contribution is -0.117. The van der Waals surface area contributed by atoms with Gasteiger partial charge in [-0.2, -0.15) is 0 Å². The highest BCUT2D eigenvalue weighted by Gasteiger charge is 2.46. The minimum Gasteiger partial charge on any atom is -0.487 e. The zero-order valence-electron chi connectivity index (χ0n) is 13.3. The lowest BCUT2D eigenvalue weighted by Crippen LogP contribution is -2.47. The second-order valence-electron chi connectivity index (χ2n) is 6.76. The number of nitrogens with zero attached hydrogens (tertiary/aromatic N) is 1. The Hall–Kier alpha value is -2.07. The van der Waals surface area contributed by atoms with Gasteiger partial charge in [-0.05, 0) is 55.5 Å². The number of fused-ring (bicyclic) bond motifs is 1. The van der Waals surface area contributed by atoms with Gasteiger partial charge in [0.15, 0.2) is 0 Å². The van der Waals surface area contributed by atoms with Gasteiger partial charge in [-0.3, -0.25) is 9.78 Å². The molecule has 1 spiro atoms. The molecule has 1 saturated carbocycles. The smallest absolute Gasteiger partial charge is 0.223 e. The van der Waals surface area contributed by atoms with E-state index >= 15 is 0 Å². The van der Waals surface area contributed by atoms with E-state index in [1.165, 1.54) is 6.42 Å². The van der Waals surface area contributed by atoms with Crippen LogP contribution in [0.1, 0.15) is 48.4 Å². The Morgan fingerprint density at radius 1 is 1.33 bits per heavy atom. The van der Waals surface area contributed by atoms with Crippen molar-refractivity contribution in [3.63, 3.8) is 0 Å². The molecule has 0 bridgehead atoms. The molecule has 1 atom stereocenters. The van der Waals surface area contributed by atoms with Crippen molar-refractivity contribution in [3.05, 3.63) is 58.4 Å². The summed E-state index contributed by atoms with van der Waals surface area (Å²) in [5, 5.41) is 0.687. The van der Waals surface area contributed by atoms with Crippen LogP contribution in [0.25, 0.3) is 0 Å². The van der Waals surface area contributed by atoms with Gasteiger partial charge < -0.3 is 10.5 Å². The molecule has 5 heteroatoms. The van der Waals surface area contributed by atoms with E-state index in [4.69, 9.17) is 22.1 Å². The maximum atomic E-state index is 11.4. The van der Waals surface area contributed by atoms with Crippen molar-refractivity contribution in [1.82, 2.24) is 4.98 Å². The van der Waals surface area contributed by atoms with Crippen LogP contribution in [-0.4, -0.2) is 16.5 Å². The summed E-state index contributed by atoms with van der Waals surface area (Å²) in [6.07, 6.45) is 6.07. The van der Waals surface area contributed by atoms with Gasteiger partial charge in [0.25, 0.3) is 0 Å². The molecular formula is C19H19ClN2O2. The van der Waals surface area contributed by atoms with E-state index in [2.05, 4.69) is 4.98 Å². The highest BCUT2D eigenvalue weighted by atomic mass is 35.5. The fourth-order valence-corrected chi connectivity index (χ4v) is 4.06. The summed E-state index contributed by atoms with van der Waals surface area (Å²) in [6.45, 7) is 0. The van der Waals surface area contributed by atoms with E-state index in [-0.39, 0.29) is 23.8 Å². The number of nitrogens with two attached hydrogens (primary N) is 1. The van der Waals surface area contributed by atoms with Crippen molar-refractivity contribution in [2.75, 3.05) is 0 Å². The van der Waals surface area contributed by atoms with Gasteiger partial charge in [-0.1, -0.05) is 17.7 Å². The Morgan fingerprint density at radius 3 is 2.88 bits per heavy atom. The van der Waals surface area contributed by atoms with Crippen LogP contribution in [0, 0.1) is 0 Å². The number of carbonyl (C=O) groups is 1. The Balaban J connectivity index is 1.82. The van der Waals surface area contributed by atoms with Crippen molar-refractivity contribution < 1.29 is 9.53 Å². The topological polar surface area (TPSA) is 65.2 Å². The zero-order valence-corrected chi connectivity index (χ0v) is 14.1. The zero-order chi connectivity index (χ0) is 16.7. The van der Waals surface area contributed by atoms with Crippen molar-refractivity contribution >= 4 is 17.5 Å². The molecule has 1 fully saturated rings. The number of hydrogen-bond donors (Lipinski definition) is 1. The number of primary amides is 1. The normalized spacial score (nSPS) is 20.8. The van der Waals surface area contributed by atoms with Gasteiger partial charge in [0.1, 0.15) is 11.4 Å². The van der Waals surface area contributed by atoms with Gasteiger partial charge in [0.05, 0.1) is 12.1 Å². The van der Waals surface area contributed by atoms with E-state index < -0.39 is 0 Å². The molecule has 1 aromatic heterocycles. The number of amides is 1. The average molecular weight is 343 g/mol. The molecule has 1 amide bonds. The van der Waals surface area contributed by atoms with E-state index in [0.29, 0.717) is 5.02 Å². The first-order chi connectivity index (χ1) is 11.6. The van der Waals surface area contributed by atoms with E-state index in [1.54, 1.807) is 6.20 Å². The summed E-state index contributed by atoms with van der Waals surface area (Å²) in [5.41, 5.74) is 8.18. The molecule has 124 valence electrons. The first-order valence-corrected chi connectivity index (χ1v) is 8.65. The van der Waals surface area contributed by atoms with Crippen LogP contribution < -0.4 is 10.5 Å². The average Bonchev–Trinajstić information content (AvgIpc) is 2.52. The molecule has 1 unspecified atom stereocenters. The van der Waals surface area contributed by atoms with Gasteiger partial charge in [0, 0.05) is 22.7 Å². The van der Waals surface area contributed by atoms with Crippen LogP contribution in [-0.2, 0) is 11.2 Å². The Labute approximate surface area is 146 Å². The number of hydrogen-bond acceptors (Lipinski definition) is 3. The third-order valence-corrected chi connectivity index (χ3v) is 5.39. The molecule has 0 radical (unpaired) electrons. The molecule has 4 nitrogen and oxygen atoms in total. The largest absolute Gasteiger partial charge is 0.487 e. The van der Waals surface area contributed by atoms with Crippen LogP contribution in [0.15, 0.2) is 36.5 Å². The molecule has 2 N–H and O–H groups in total. The summed E-state index contributed by atoms with van der Waals surface area (Å²) in [4.78, 5) is 15.8. The van der Waals surface area contributed by atoms with Crippen molar-refractivity contribution in [3.8, 4) is 5.75 Å². The second-order valence-corrected chi connectivity index (χ2v) is 7.20. The van der Waals surface area contributed by atoms with Crippen molar-refractivity contribution in [2.45, 2.75) is 43.6 Å². The molecule has 1 aliphatic carbocycles. The lowest BCUT2D eigenvalue weighted by Gasteiger charge is -2.48. The van der Waals surface area contributed by atoms with Crippen LogP contribution >= 0.6 is 11.6 Å². The standard InChI is InChI=1S/C19H19ClN2O2/c20-12-4-5-17-14(9-12)15(11-19(24-17)6-2-7-19)13-3-1-8-22-16(13)10-18(21)23/h1,3-5,8-9,15H,2,6-7,10-11H2,(H2,21,23). The molecule has 1 aliphatic heterocycles. The van der Waals surface area contributed by atoms with Crippen molar-refractivity contribution in [1.29, 1.82) is 0 Å². The number of benzene rings is 1. The molecule has 0 saturated heterocycles. The Morgan fingerprint density at radius 2 is 2.17 bits per heavy atom. The van der Waals surface area contributed by atoms with Crippen LogP contribution in [0.5, 0.6) is 5.75 Å². The number of pyridine rings is 1. The summed E-state index contributed by atoms with van der Waals surface area (Å²) >= 11 is 6.23. The SMILES string of the molecule is NC(=O)Cc1ncccc1C1CC2(CCC2)Oc2ccc(Cl)cc21. The summed E-state index contributed by atoms with van der Waals surface area (Å²) in [6, 6.07) is 9.73.